The Morgan fingerprint density at radius 3 is 2.45 bits per heavy atom. The molecule has 31 heavy (non-hydrogen) atoms. The highest BCUT2D eigenvalue weighted by Crippen LogP contribution is 2.45. The van der Waals surface area contributed by atoms with Gasteiger partial charge in [-0.2, -0.15) is 5.26 Å². The van der Waals surface area contributed by atoms with Gasteiger partial charge in [0.05, 0.1) is 11.5 Å². The number of nitrogens with zero attached hydrogens (tertiary/aromatic N) is 3. The van der Waals surface area contributed by atoms with Crippen molar-refractivity contribution in [2.45, 2.75) is 39.7 Å². The molecule has 0 radical (unpaired) electrons. The number of pyridine rings is 1. The number of nitriles is 1. The van der Waals surface area contributed by atoms with Crippen LogP contribution in [-0.4, -0.2) is 29.1 Å². The molecule has 0 bridgehead atoms. The van der Waals surface area contributed by atoms with E-state index in [0.29, 0.717) is 33.5 Å². The molecule has 0 spiro atoms. The number of allylic oxidation sites excluding steroid dienone is 1. The predicted octanol–water partition coefficient (Wildman–Crippen LogP) is 4.41. The normalized spacial score (nSPS) is 15.6. The highest BCUT2D eigenvalue weighted by molar-refractivity contribution is 6.36. The number of rotatable bonds is 7. The van der Waals surface area contributed by atoms with E-state index in [-0.39, 0.29) is 17.0 Å². The lowest BCUT2D eigenvalue weighted by Crippen LogP contribution is -2.34. The van der Waals surface area contributed by atoms with Gasteiger partial charge in [0.25, 0.3) is 5.56 Å². The molecule has 0 unspecified atom stereocenters. The van der Waals surface area contributed by atoms with Gasteiger partial charge in [-0.15, -0.1) is 0 Å². The standard InChI is InChI=1S/C23H26Cl2N4O2/c1-4-28(5-2)10-7-11-29-14(3)12-18-21(23(29)30)19(15(13-26)22(27)31-18)20-16(24)8-6-9-17(20)25/h6,8-9,12,19H,4-5,7,10-11,27H2,1-3H3/t19-/m1/s1. The van der Waals surface area contributed by atoms with Crippen LogP contribution in [0.25, 0.3) is 0 Å². The first kappa shape index (κ1) is 23.2. The quantitative estimate of drug-likeness (QED) is 0.660. The van der Waals surface area contributed by atoms with Gasteiger partial charge in [-0.1, -0.05) is 43.1 Å². The van der Waals surface area contributed by atoms with Crippen molar-refractivity contribution in [2.24, 2.45) is 5.73 Å². The van der Waals surface area contributed by atoms with E-state index in [1.54, 1.807) is 28.8 Å². The third kappa shape index (κ3) is 4.45. The average molecular weight is 461 g/mol. The van der Waals surface area contributed by atoms with Gasteiger partial charge >= 0.3 is 0 Å². The van der Waals surface area contributed by atoms with E-state index in [2.05, 4.69) is 24.8 Å². The van der Waals surface area contributed by atoms with Crippen LogP contribution in [0.4, 0.5) is 0 Å². The van der Waals surface area contributed by atoms with Crippen LogP contribution in [0.5, 0.6) is 5.75 Å². The number of halogens is 2. The Morgan fingerprint density at radius 2 is 1.87 bits per heavy atom. The monoisotopic (exact) mass is 460 g/mol. The highest BCUT2D eigenvalue weighted by atomic mass is 35.5. The summed E-state index contributed by atoms with van der Waals surface area (Å²) in [4.78, 5) is 15.9. The number of fused-ring (bicyclic) bond motifs is 1. The molecule has 1 aromatic carbocycles. The van der Waals surface area contributed by atoms with E-state index in [1.165, 1.54) is 0 Å². The molecule has 2 heterocycles. The predicted molar refractivity (Wildman–Crippen MR) is 124 cm³/mol. The Morgan fingerprint density at radius 1 is 1.23 bits per heavy atom. The van der Waals surface area contributed by atoms with E-state index in [0.717, 1.165) is 31.7 Å². The van der Waals surface area contributed by atoms with Crippen molar-refractivity contribution in [3.63, 3.8) is 0 Å². The smallest absolute Gasteiger partial charge is 0.258 e. The van der Waals surface area contributed by atoms with Crippen molar-refractivity contribution >= 4 is 23.2 Å². The number of nitrogens with two attached hydrogens (primary N) is 1. The Labute approximate surface area is 192 Å². The second kappa shape index (κ2) is 9.78. The Bertz CT molecular complexity index is 1090. The van der Waals surface area contributed by atoms with Crippen LogP contribution in [0.3, 0.4) is 0 Å². The summed E-state index contributed by atoms with van der Waals surface area (Å²) in [5, 5.41) is 10.5. The molecule has 0 saturated heterocycles. The maximum atomic E-state index is 13.6. The summed E-state index contributed by atoms with van der Waals surface area (Å²) in [6, 6.07) is 8.95. The van der Waals surface area contributed by atoms with E-state index in [1.807, 2.05) is 6.92 Å². The molecule has 0 amide bonds. The van der Waals surface area contributed by atoms with Crippen LogP contribution in [0.15, 0.2) is 40.5 Å². The number of benzene rings is 1. The molecule has 0 fully saturated rings. The molecule has 1 aliphatic heterocycles. The molecule has 164 valence electrons. The molecule has 8 heteroatoms. The summed E-state index contributed by atoms with van der Waals surface area (Å²) in [6.07, 6.45) is 0.822. The zero-order valence-electron chi connectivity index (χ0n) is 17.9. The Hall–Kier alpha value is -2.46. The molecule has 2 aromatic rings. The molecule has 2 N–H and O–H groups in total. The third-order valence-corrected chi connectivity index (χ3v) is 6.39. The maximum absolute atomic E-state index is 13.6. The molecule has 1 atom stereocenters. The molecule has 3 rings (SSSR count). The summed E-state index contributed by atoms with van der Waals surface area (Å²) in [7, 11) is 0. The third-order valence-electron chi connectivity index (χ3n) is 5.73. The van der Waals surface area contributed by atoms with Gasteiger partial charge in [-0.25, -0.2) is 0 Å². The lowest BCUT2D eigenvalue weighted by Gasteiger charge is -2.28. The molecular weight excluding hydrogens is 435 g/mol. The van der Waals surface area contributed by atoms with Gasteiger partial charge in [-0.3, -0.25) is 4.79 Å². The molecule has 6 nitrogen and oxygen atoms in total. The molecule has 1 aliphatic rings. The van der Waals surface area contributed by atoms with E-state index in [9.17, 15) is 10.1 Å². The van der Waals surface area contributed by atoms with Gasteiger partial charge < -0.3 is 19.9 Å². The van der Waals surface area contributed by atoms with Crippen LogP contribution in [0, 0.1) is 18.3 Å². The zero-order chi connectivity index (χ0) is 22.7. The molecule has 0 aliphatic carbocycles. The Kier molecular flexibility index (Phi) is 7.32. The first-order valence-electron chi connectivity index (χ1n) is 10.3. The second-order valence-electron chi connectivity index (χ2n) is 7.46. The van der Waals surface area contributed by atoms with Crippen LogP contribution in [0.1, 0.15) is 43.0 Å². The van der Waals surface area contributed by atoms with Crippen molar-refractivity contribution in [1.82, 2.24) is 9.47 Å². The fourth-order valence-electron chi connectivity index (χ4n) is 4.03. The minimum absolute atomic E-state index is 0.0472. The van der Waals surface area contributed by atoms with Gasteiger partial charge in [0, 0.05) is 33.9 Å². The number of hydrogen-bond acceptors (Lipinski definition) is 5. The largest absolute Gasteiger partial charge is 0.440 e. The minimum Gasteiger partial charge on any atom is -0.440 e. The van der Waals surface area contributed by atoms with Crippen LogP contribution in [-0.2, 0) is 6.54 Å². The molecular formula is C23H26Cl2N4O2. The summed E-state index contributed by atoms with van der Waals surface area (Å²) in [5.41, 5.74) is 7.52. The highest BCUT2D eigenvalue weighted by Gasteiger charge is 2.36. The fourth-order valence-corrected chi connectivity index (χ4v) is 4.65. The fraction of sp³-hybridized carbons (Fsp3) is 0.391. The van der Waals surface area contributed by atoms with E-state index >= 15 is 0 Å². The van der Waals surface area contributed by atoms with Crippen LogP contribution < -0.4 is 16.0 Å². The van der Waals surface area contributed by atoms with Crippen LogP contribution in [0.2, 0.25) is 10.0 Å². The summed E-state index contributed by atoms with van der Waals surface area (Å²) in [5.74, 6) is -0.508. The summed E-state index contributed by atoms with van der Waals surface area (Å²) >= 11 is 12.9. The lowest BCUT2D eigenvalue weighted by molar-refractivity contribution is 0.292. The topological polar surface area (TPSA) is 84.3 Å². The number of aryl methyl sites for hydroxylation is 1. The van der Waals surface area contributed by atoms with E-state index < -0.39 is 5.92 Å². The first-order valence-corrected chi connectivity index (χ1v) is 11.1. The zero-order valence-corrected chi connectivity index (χ0v) is 19.4. The van der Waals surface area contributed by atoms with Crippen molar-refractivity contribution in [3.05, 3.63) is 72.9 Å². The lowest BCUT2D eigenvalue weighted by atomic mass is 9.84. The van der Waals surface area contributed by atoms with Gasteiger partial charge in [0.2, 0.25) is 5.88 Å². The minimum atomic E-state index is -0.794. The van der Waals surface area contributed by atoms with Crippen molar-refractivity contribution in [1.29, 1.82) is 5.26 Å². The van der Waals surface area contributed by atoms with Crippen molar-refractivity contribution in [2.75, 3.05) is 19.6 Å². The average Bonchev–Trinajstić information content (AvgIpc) is 2.72. The van der Waals surface area contributed by atoms with Gasteiger partial charge in [-0.05, 0) is 45.1 Å². The molecule has 0 saturated carbocycles. The van der Waals surface area contributed by atoms with Crippen molar-refractivity contribution < 1.29 is 4.74 Å². The summed E-state index contributed by atoms with van der Waals surface area (Å²) in [6.45, 7) is 9.47. The molecule has 1 aromatic heterocycles. The second-order valence-corrected chi connectivity index (χ2v) is 8.28. The van der Waals surface area contributed by atoms with Gasteiger partial charge in [0.15, 0.2) is 0 Å². The van der Waals surface area contributed by atoms with Gasteiger partial charge in [0.1, 0.15) is 17.4 Å². The van der Waals surface area contributed by atoms with E-state index in [4.69, 9.17) is 33.7 Å². The Balaban J connectivity index is 2.14. The first-order chi connectivity index (χ1) is 14.8. The van der Waals surface area contributed by atoms with Crippen molar-refractivity contribution in [3.8, 4) is 11.8 Å². The SMILES string of the molecule is CCN(CC)CCCn1c(C)cc2c(c1=O)[C@@H](c1c(Cl)cccc1Cl)C(C#N)=C(N)O2. The summed E-state index contributed by atoms with van der Waals surface area (Å²) < 4.78 is 7.41. The number of aromatic nitrogens is 1. The number of hydrogen-bond donors (Lipinski definition) is 1. The maximum Gasteiger partial charge on any atom is 0.258 e. The number of ether oxygens (including phenoxy) is 1. The van der Waals surface area contributed by atoms with Crippen LogP contribution >= 0.6 is 23.2 Å².